The smallest absolute Gasteiger partial charge is 0.161 e. The Labute approximate surface area is 96.8 Å². The van der Waals surface area contributed by atoms with E-state index in [1.807, 2.05) is 25.1 Å². The standard InChI is InChI=1S/C13H19NO2/c1-10-3-4-12(13(7-10)15-2)16-9-11-5-6-14-8-11/h3-4,7,11,14H,5-6,8-9H2,1-2H3/t11-/m1/s1. The van der Waals surface area contributed by atoms with Crippen LogP contribution in [0.1, 0.15) is 12.0 Å². The van der Waals surface area contributed by atoms with Gasteiger partial charge in [0.05, 0.1) is 13.7 Å². The van der Waals surface area contributed by atoms with E-state index in [4.69, 9.17) is 9.47 Å². The van der Waals surface area contributed by atoms with Crippen molar-refractivity contribution in [1.29, 1.82) is 0 Å². The summed E-state index contributed by atoms with van der Waals surface area (Å²) >= 11 is 0. The first kappa shape index (κ1) is 11.3. The number of methoxy groups -OCH3 is 1. The molecule has 3 nitrogen and oxygen atoms in total. The molecule has 1 aliphatic rings. The molecule has 1 aromatic rings. The maximum atomic E-state index is 5.80. The summed E-state index contributed by atoms with van der Waals surface area (Å²) in [7, 11) is 1.68. The van der Waals surface area contributed by atoms with E-state index in [9.17, 15) is 0 Å². The van der Waals surface area contributed by atoms with Crippen LogP contribution in [0.3, 0.4) is 0 Å². The van der Waals surface area contributed by atoms with Crippen LogP contribution in [0.5, 0.6) is 11.5 Å². The van der Waals surface area contributed by atoms with Gasteiger partial charge in [0.25, 0.3) is 0 Å². The Morgan fingerprint density at radius 2 is 2.25 bits per heavy atom. The Hall–Kier alpha value is -1.22. The van der Waals surface area contributed by atoms with Crippen molar-refractivity contribution in [3.05, 3.63) is 23.8 Å². The van der Waals surface area contributed by atoms with E-state index in [1.54, 1.807) is 7.11 Å². The topological polar surface area (TPSA) is 30.5 Å². The Bertz CT molecular complexity index is 346. The monoisotopic (exact) mass is 221 g/mol. The predicted octanol–water partition coefficient (Wildman–Crippen LogP) is 1.99. The highest BCUT2D eigenvalue weighted by molar-refractivity contribution is 5.42. The lowest BCUT2D eigenvalue weighted by Gasteiger charge is -2.14. The van der Waals surface area contributed by atoms with Gasteiger partial charge in [-0.15, -0.1) is 0 Å². The van der Waals surface area contributed by atoms with Gasteiger partial charge in [0.2, 0.25) is 0 Å². The van der Waals surface area contributed by atoms with Crippen LogP contribution in [0.4, 0.5) is 0 Å². The highest BCUT2D eigenvalue weighted by atomic mass is 16.5. The molecule has 1 aliphatic heterocycles. The zero-order chi connectivity index (χ0) is 11.4. The minimum atomic E-state index is 0.631. The minimum Gasteiger partial charge on any atom is -0.493 e. The van der Waals surface area contributed by atoms with E-state index in [0.29, 0.717) is 5.92 Å². The summed E-state index contributed by atoms with van der Waals surface area (Å²) < 4.78 is 11.1. The Kier molecular flexibility index (Phi) is 3.67. The van der Waals surface area contributed by atoms with E-state index in [0.717, 1.165) is 31.2 Å². The lowest BCUT2D eigenvalue weighted by atomic mass is 10.1. The largest absolute Gasteiger partial charge is 0.493 e. The molecular weight excluding hydrogens is 202 g/mol. The summed E-state index contributed by atoms with van der Waals surface area (Å²) in [6.07, 6.45) is 1.20. The maximum absolute atomic E-state index is 5.80. The second kappa shape index (κ2) is 5.21. The molecule has 0 aliphatic carbocycles. The highest BCUT2D eigenvalue weighted by Gasteiger charge is 2.15. The maximum Gasteiger partial charge on any atom is 0.161 e. The lowest BCUT2D eigenvalue weighted by molar-refractivity contribution is 0.247. The van der Waals surface area contributed by atoms with Gasteiger partial charge >= 0.3 is 0 Å². The molecule has 1 heterocycles. The summed E-state index contributed by atoms with van der Waals surface area (Å²) in [5, 5.41) is 3.34. The van der Waals surface area contributed by atoms with E-state index in [2.05, 4.69) is 5.32 Å². The van der Waals surface area contributed by atoms with Crippen LogP contribution in [-0.2, 0) is 0 Å². The molecule has 1 saturated heterocycles. The zero-order valence-corrected chi connectivity index (χ0v) is 9.95. The fourth-order valence-electron chi connectivity index (χ4n) is 1.96. The van der Waals surface area contributed by atoms with Crippen LogP contribution in [-0.4, -0.2) is 26.8 Å². The molecule has 0 spiro atoms. The number of benzene rings is 1. The minimum absolute atomic E-state index is 0.631. The molecule has 3 heteroatoms. The number of hydrogen-bond donors (Lipinski definition) is 1. The fraction of sp³-hybridized carbons (Fsp3) is 0.538. The van der Waals surface area contributed by atoms with Crippen LogP contribution in [0, 0.1) is 12.8 Å². The average molecular weight is 221 g/mol. The summed E-state index contributed by atoms with van der Waals surface area (Å²) in [5.74, 6) is 2.30. The number of hydrogen-bond acceptors (Lipinski definition) is 3. The van der Waals surface area contributed by atoms with Gasteiger partial charge in [-0.05, 0) is 37.6 Å². The summed E-state index contributed by atoms with van der Waals surface area (Å²) in [5.41, 5.74) is 1.19. The number of aryl methyl sites for hydroxylation is 1. The van der Waals surface area contributed by atoms with Crippen molar-refractivity contribution in [2.45, 2.75) is 13.3 Å². The van der Waals surface area contributed by atoms with Gasteiger partial charge in [-0.1, -0.05) is 6.07 Å². The number of ether oxygens (including phenoxy) is 2. The molecule has 16 heavy (non-hydrogen) atoms. The fourth-order valence-corrected chi connectivity index (χ4v) is 1.96. The van der Waals surface area contributed by atoms with Crippen molar-refractivity contribution in [2.24, 2.45) is 5.92 Å². The molecule has 1 N–H and O–H groups in total. The van der Waals surface area contributed by atoms with Crippen molar-refractivity contribution >= 4 is 0 Å². The molecule has 1 fully saturated rings. The SMILES string of the molecule is COc1cc(C)ccc1OC[C@@H]1CCNC1. The molecule has 0 amide bonds. The first-order valence-electron chi connectivity index (χ1n) is 5.78. The van der Waals surface area contributed by atoms with Gasteiger partial charge in [-0.25, -0.2) is 0 Å². The van der Waals surface area contributed by atoms with Crippen LogP contribution < -0.4 is 14.8 Å². The van der Waals surface area contributed by atoms with E-state index >= 15 is 0 Å². The number of nitrogens with one attached hydrogen (secondary N) is 1. The third kappa shape index (κ3) is 2.67. The second-order valence-electron chi connectivity index (χ2n) is 4.32. The predicted molar refractivity (Wildman–Crippen MR) is 64.2 cm³/mol. The second-order valence-corrected chi connectivity index (χ2v) is 4.32. The first-order chi connectivity index (χ1) is 7.79. The molecule has 0 saturated carbocycles. The van der Waals surface area contributed by atoms with Crippen LogP contribution in [0.2, 0.25) is 0 Å². The molecule has 88 valence electrons. The zero-order valence-electron chi connectivity index (χ0n) is 9.95. The van der Waals surface area contributed by atoms with Gasteiger partial charge < -0.3 is 14.8 Å². The van der Waals surface area contributed by atoms with Gasteiger partial charge in [-0.2, -0.15) is 0 Å². The highest BCUT2D eigenvalue weighted by Crippen LogP contribution is 2.28. The third-order valence-electron chi connectivity index (χ3n) is 2.96. The van der Waals surface area contributed by atoms with Crippen molar-refractivity contribution in [3.63, 3.8) is 0 Å². The van der Waals surface area contributed by atoms with Crippen molar-refractivity contribution in [1.82, 2.24) is 5.32 Å². The van der Waals surface area contributed by atoms with E-state index in [-0.39, 0.29) is 0 Å². The molecule has 0 bridgehead atoms. The molecule has 1 atom stereocenters. The lowest BCUT2D eigenvalue weighted by Crippen LogP contribution is -2.15. The van der Waals surface area contributed by atoms with E-state index < -0.39 is 0 Å². The molecule has 0 aromatic heterocycles. The Morgan fingerprint density at radius 1 is 1.38 bits per heavy atom. The quantitative estimate of drug-likeness (QED) is 0.843. The number of rotatable bonds is 4. The molecule has 2 rings (SSSR count). The summed E-state index contributed by atoms with van der Waals surface area (Å²) in [4.78, 5) is 0. The Balaban J connectivity index is 1.97. The van der Waals surface area contributed by atoms with Crippen molar-refractivity contribution in [3.8, 4) is 11.5 Å². The normalized spacial score (nSPS) is 19.8. The van der Waals surface area contributed by atoms with E-state index in [1.165, 1.54) is 12.0 Å². The van der Waals surface area contributed by atoms with Gasteiger partial charge in [0, 0.05) is 12.5 Å². The first-order valence-corrected chi connectivity index (χ1v) is 5.78. The van der Waals surface area contributed by atoms with Crippen LogP contribution >= 0.6 is 0 Å². The van der Waals surface area contributed by atoms with Gasteiger partial charge in [-0.3, -0.25) is 0 Å². The third-order valence-corrected chi connectivity index (χ3v) is 2.96. The van der Waals surface area contributed by atoms with Crippen molar-refractivity contribution in [2.75, 3.05) is 26.8 Å². The average Bonchev–Trinajstić information content (AvgIpc) is 2.80. The summed E-state index contributed by atoms with van der Waals surface area (Å²) in [6, 6.07) is 6.03. The molecule has 1 aromatic carbocycles. The Morgan fingerprint density at radius 3 is 2.94 bits per heavy atom. The summed E-state index contributed by atoms with van der Waals surface area (Å²) in [6.45, 7) is 4.99. The van der Waals surface area contributed by atoms with Crippen LogP contribution in [0.25, 0.3) is 0 Å². The van der Waals surface area contributed by atoms with Gasteiger partial charge in [0.15, 0.2) is 11.5 Å². The van der Waals surface area contributed by atoms with Crippen LogP contribution in [0.15, 0.2) is 18.2 Å². The molecule has 0 unspecified atom stereocenters. The van der Waals surface area contributed by atoms with Gasteiger partial charge in [0.1, 0.15) is 0 Å². The molecular formula is C13H19NO2. The van der Waals surface area contributed by atoms with Crippen molar-refractivity contribution < 1.29 is 9.47 Å². The molecule has 0 radical (unpaired) electrons.